The van der Waals surface area contributed by atoms with Crippen molar-refractivity contribution >= 4 is 0 Å². The Balaban J connectivity index is 1.82. The minimum Gasteiger partial charge on any atom is -0.307 e. The summed E-state index contributed by atoms with van der Waals surface area (Å²) >= 11 is 0. The summed E-state index contributed by atoms with van der Waals surface area (Å²) in [5, 5.41) is 3.72. The predicted octanol–water partition coefficient (Wildman–Crippen LogP) is 3.69. The van der Waals surface area contributed by atoms with E-state index in [9.17, 15) is 0 Å². The highest BCUT2D eigenvalue weighted by atomic mass is 15.0. The third-order valence-corrected chi connectivity index (χ3v) is 4.62. The molecule has 1 heteroatoms. The fourth-order valence-corrected chi connectivity index (χ4v) is 2.59. The standard InChI is InChI=1S/C16H23N/c1-12-4-5-14(15(2)6-7-15)13(10-12)11-17-16(3)8-9-16/h4-5,10,17H,6-9,11H2,1-3H3. The summed E-state index contributed by atoms with van der Waals surface area (Å²) in [6.07, 6.45) is 5.40. The van der Waals surface area contributed by atoms with Crippen LogP contribution in [0.5, 0.6) is 0 Å². The van der Waals surface area contributed by atoms with Crippen LogP contribution in [-0.2, 0) is 12.0 Å². The lowest BCUT2D eigenvalue weighted by Crippen LogP contribution is -2.28. The summed E-state index contributed by atoms with van der Waals surface area (Å²) in [4.78, 5) is 0. The molecule has 0 radical (unpaired) electrons. The van der Waals surface area contributed by atoms with E-state index in [1.165, 1.54) is 36.8 Å². The third kappa shape index (κ3) is 2.26. The first kappa shape index (κ1) is 11.3. The van der Waals surface area contributed by atoms with Crippen LogP contribution in [0.4, 0.5) is 0 Å². The van der Waals surface area contributed by atoms with Gasteiger partial charge in [0.15, 0.2) is 0 Å². The van der Waals surface area contributed by atoms with Gasteiger partial charge >= 0.3 is 0 Å². The van der Waals surface area contributed by atoms with Crippen molar-refractivity contribution in [3.05, 3.63) is 34.9 Å². The van der Waals surface area contributed by atoms with Crippen LogP contribution in [-0.4, -0.2) is 5.54 Å². The second-order valence-corrected chi connectivity index (χ2v) is 6.64. The van der Waals surface area contributed by atoms with E-state index in [0.29, 0.717) is 11.0 Å². The Labute approximate surface area is 105 Å². The zero-order chi connectivity index (χ0) is 12.1. The van der Waals surface area contributed by atoms with Gasteiger partial charge in [0, 0.05) is 12.1 Å². The van der Waals surface area contributed by atoms with Gasteiger partial charge in [0.2, 0.25) is 0 Å². The molecule has 2 saturated carbocycles. The molecule has 0 spiro atoms. The molecule has 3 rings (SSSR count). The van der Waals surface area contributed by atoms with Crippen LogP contribution in [0.2, 0.25) is 0 Å². The molecule has 0 amide bonds. The molecule has 0 heterocycles. The van der Waals surface area contributed by atoms with Gasteiger partial charge in [-0.15, -0.1) is 0 Å². The maximum absolute atomic E-state index is 3.72. The van der Waals surface area contributed by atoms with Crippen molar-refractivity contribution in [2.75, 3.05) is 0 Å². The molecule has 1 nitrogen and oxygen atoms in total. The number of hydrogen-bond donors (Lipinski definition) is 1. The summed E-state index contributed by atoms with van der Waals surface area (Å²) < 4.78 is 0. The van der Waals surface area contributed by atoms with Gasteiger partial charge in [-0.3, -0.25) is 0 Å². The lowest BCUT2D eigenvalue weighted by atomic mass is 9.91. The first-order valence-electron chi connectivity index (χ1n) is 6.86. The summed E-state index contributed by atoms with van der Waals surface area (Å²) in [5.74, 6) is 0. The van der Waals surface area contributed by atoms with E-state index in [4.69, 9.17) is 0 Å². The van der Waals surface area contributed by atoms with Crippen LogP contribution in [0.3, 0.4) is 0 Å². The fourth-order valence-electron chi connectivity index (χ4n) is 2.59. The Hall–Kier alpha value is -0.820. The maximum Gasteiger partial charge on any atom is 0.0213 e. The third-order valence-electron chi connectivity index (χ3n) is 4.62. The predicted molar refractivity (Wildman–Crippen MR) is 72.2 cm³/mol. The van der Waals surface area contributed by atoms with Gasteiger partial charge in [0.25, 0.3) is 0 Å². The van der Waals surface area contributed by atoms with Gasteiger partial charge in [-0.05, 0) is 56.1 Å². The first-order valence-corrected chi connectivity index (χ1v) is 6.86. The molecule has 0 unspecified atom stereocenters. The molecule has 2 aliphatic carbocycles. The Bertz CT molecular complexity index is 439. The molecule has 17 heavy (non-hydrogen) atoms. The minimum absolute atomic E-state index is 0.436. The summed E-state index contributed by atoms with van der Waals surface area (Å²) in [6.45, 7) is 7.98. The molecule has 0 saturated heterocycles. The van der Waals surface area contributed by atoms with Crippen molar-refractivity contribution in [2.24, 2.45) is 0 Å². The average Bonchev–Trinajstić information content (AvgIpc) is 3.18. The van der Waals surface area contributed by atoms with Crippen molar-refractivity contribution in [3.8, 4) is 0 Å². The maximum atomic E-state index is 3.72. The fraction of sp³-hybridized carbons (Fsp3) is 0.625. The average molecular weight is 229 g/mol. The Kier molecular flexibility index (Phi) is 2.38. The molecular weight excluding hydrogens is 206 g/mol. The molecule has 92 valence electrons. The smallest absolute Gasteiger partial charge is 0.0213 e. The normalized spacial score (nSPS) is 23.5. The molecule has 2 aliphatic rings. The summed E-state index contributed by atoms with van der Waals surface area (Å²) in [5.41, 5.74) is 5.41. The second-order valence-electron chi connectivity index (χ2n) is 6.64. The minimum atomic E-state index is 0.436. The van der Waals surface area contributed by atoms with Crippen molar-refractivity contribution in [1.29, 1.82) is 0 Å². The molecule has 1 N–H and O–H groups in total. The molecule has 0 atom stereocenters. The van der Waals surface area contributed by atoms with Crippen molar-refractivity contribution in [1.82, 2.24) is 5.32 Å². The molecule has 0 aromatic heterocycles. The molecule has 2 fully saturated rings. The molecule has 0 aliphatic heterocycles. The lowest BCUT2D eigenvalue weighted by molar-refractivity contribution is 0.533. The highest BCUT2D eigenvalue weighted by Gasteiger charge is 2.41. The monoisotopic (exact) mass is 229 g/mol. The number of rotatable bonds is 4. The van der Waals surface area contributed by atoms with E-state index in [1.54, 1.807) is 5.56 Å². The zero-order valence-electron chi connectivity index (χ0n) is 11.3. The van der Waals surface area contributed by atoms with Crippen molar-refractivity contribution in [3.63, 3.8) is 0 Å². The van der Waals surface area contributed by atoms with Crippen LogP contribution < -0.4 is 5.32 Å². The van der Waals surface area contributed by atoms with E-state index < -0.39 is 0 Å². The first-order chi connectivity index (χ1) is 8.01. The summed E-state index contributed by atoms with van der Waals surface area (Å²) in [6, 6.07) is 6.99. The summed E-state index contributed by atoms with van der Waals surface area (Å²) in [7, 11) is 0. The SMILES string of the molecule is Cc1ccc(C2(C)CC2)c(CNC2(C)CC2)c1. The van der Waals surface area contributed by atoms with E-state index in [-0.39, 0.29) is 0 Å². The van der Waals surface area contributed by atoms with Crippen LogP contribution in [0.15, 0.2) is 18.2 Å². The topological polar surface area (TPSA) is 12.0 Å². The van der Waals surface area contributed by atoms with Gasteiger partial charge in [0.1, 0.15) is 0 Å². The van der Waals surface area contributed by atoms with E-state index in [0.717, 1.165) is 6.54 Å². The molecule has 1 aromatic carbocycles. The molecule has 1 aromatic rings. The Morgan fingerprint density at radius 3 is 2.41 bits per heavy atom. The Morgan fingerprint density at radius 2 is 1.82 bits per heavy atom. The highest BCUT2D eigenvalue weighted by molar-refractivity contribution is 5.40. The van der Waals surface area contributed by atoms with Crippen LogP contribution in [0, 0.1) is 6.92 Å². The zero-order valence-corrected chi connectivity index (χ0v) is 11.3. The van der Waals surface area contributed by atoms with E-state index >= 15 is 0 Å². The second kappa shape index (κ2) is 3.58. The van der Waals surface area contributed by atoms with Gasteiger partial charge in [-0.1, -0.05) is 30.7 Å². The van der Waals surface area contributed by atoms with Crippen LogP contribution >= 0.6 is 0 Å². The molecular formula is C16H23N. The Morgan fingerprint density at radius 1 is 1.12 bits per heavy atom. The molecule has 0 bridgehead atoms. The number of aryl methyl sites for hydroxylation is 1. The van der Waals surface area contributed by atoms with Crippen molar-refractivity contribution in [2.45, 2.75) is 64.0 Å². The van der Waals surface area contributed by atoms with Gasteiger partial charge in [-0.2, -0.15) is 0 Å². The largest absolute Gasteiger partial charge is 0.307 e. The number of benzene rings is 1. The lowest BCUT2D eigenvalue weighted by Gasteiger charge is -2.18. The highest BCUT2D eigenvalue weighted by Crippen LogP contribution is 2.49. The van der Waals surface area contributed by atoms with E-state index in [1.807, 2.05) is 0 Å². The van der Waals surface area contributed by atoms with Gasteiger partial charge < -0.3 is 5.32 Å². The van der Waals surface area contributed by atoms with Gasteiger partial charge in [0.05, 0.1) is 0 Å². The quantitative estimate of drug-likeness (QED) is 0.830. The van der Waals surface area contributed by atoms with E-state index in [2.05, 4.69) is 44.3 Å². The van der Waals surface area contributed by atoms with Gasteiger partial charge in [-0.25, -0.2) is 0 Å². The van der Waals surface area contributed by atoms with Crippen LogP contribution in [0.25, 0.3) is 0 Å². The number of hydrogen-bond acceptors (Lipinski definition) is 1. The van der Waals surface area contributed by atoms with Crippen molar-refractivity contribution < 1.29 is 0 Å². The number of nitrogens with one attached hydrogen (secondary N) is 1. The van der Waals surface area contributed by atoms with Crippen LogP contribution in [0.1, 0.15) is 56.2 Å².